The lowest BCUT2D eigenvalue weighted by Gasteiger charge is -2.27. The smallest absolute Gasteiger partial charge is 0.224 e. The normalized spacial score (nSPS) is 18.4. The van der Waals surface area contributed by atoms with Gasteiger partial charge in [-0.1, -0.05) is 6.92 Å². The van der Waals surface area contributed by atoms with Gasteiger partial charge in [0.05, 0.1) is 6.04 Å². The minimum absolute atomic E-state index is 0. The number of carbonyl (C=O) groups excluding carboxylic acids is 1. The number of nitrogens with two attached hydrogens (primary N) is 1. The number of nitrogens with one attached hydrogen (secondary N) is 1. The molecule has 3 atom stereocenters. The maximum Gasteiger partial charge on any atom is 0.224 e. The zero-order chi connectivity index (χ0) is 15.4. The van der Waals surface area contributed by atoms with Crippen molar-refractivity contribution in [2.24, 2.45) is 11.7 Å². The Labute approximate surface area is 151 Å². The zero-order valence-corrected chi connectivity index (χ0v) is 15.7. The average molecular weight is 366 g/mol. The summed E-state index contributed by atoms with van der Waals surface area (Å²) in [6.45, 7) is 8.36. The molecule has 0 radical (unpaired) electrons. The van der Waals surface area contributed by atoms with Crippen molar-refractivity contribution in [2.45, 2.75) is 45.7 Å². The molecule has 3 unspecified atom stereocenters. The molecule has 2 rings (SSSR count). The highest BCUT2D eigenvalue weighted by molar-refractivity contribution is 5.85. The van der Waals surface area contributed by atoms with Crippen LogP contribution in [0.2, 0.25) is 0 Å². The van der Waals surface area contributed by atoms with E-state index in [2.05, 4.69) is 10.2 Å². The van der Waals surface area contributed by atoms with Gasteiger partial charge in [-0.15, -0.1) is 24.8 Å². The van der Waals surface area contributed by atoms with Crippen LogP contribution in [0.15, 0.2) is 16.5 Å². The number of hydrogen-bond donors (Lipinski definition) is 2. The van der Waals surface area contributed by atoms with E-state index in [4.69, 9.17) is 10.2 Å². The third-order valence-electron chi connectivity index (χ3n) is 4.34. The second-order valence-corrected chi connectivity index (χ2v) is 6.10. The van der Waals surface area contributed by atoms with E-state index >= 15 is 0 Å². The van der Waals surface area contributed by atoms with Crippen molar-refractivity contribution in [2.75, 3.05) is 19.6 Å². The van der Waals surface area contributed by atoms with Crippen molar-refractivity contribution in [1.29, 1.82) is 0 Å². The number of hydrogen-bond acceptors (Lipinski definition) is 4. The summed E-state index contributed by atoms with van der Waals surface area (Å²) in [5.41, 5.74) is 5.79. The van der Waals surface area contributed by atoms with Gasteiger partial charge in [0.25, 0.3) is 0 Å². The molecule has 134 valence electrons. The zero-order valence-electron chi connectivity index (χ0n) is 14.1. The van der Waals surface area contributed by atoms with Crippen LogP contribution in [0, 0.1) is 12.8 Å². The van der Waals surface area contributed by atoms with Gasteiger partial charge < -0.3 is 15.5 Å². The highest BCUT2D eigenvalue weighted by Gasteiger charge is 2.27. The Morgan fingerprint density at radius 3 is 2.39 bits per heavy atom. The van der Waals surface area contributed by atoms with Crippen LogP contribution in [0.5, 0.6) is 0 Å². The van der Waals surface area contributed by atoms with E-state index in [9.17, 15) is 4.79 Å². The predicted molar refractivity (Wildman–Crippen MR) is 97.3 cm³/mol. The average Bonchev–Trinajstić information content (AvgIpc) is 3.10. The first kappa shape index (κ1) is 22.2. The first-order valence-corrected chi connectivity index (χ1v) is 7.82. The summed E-state index contributed by atoms with van der Waals surface area (Å²) in [4.78, 5) is 14.5. The van der Waals surface area contributed by atoms with Gasteiger partial charge >= 0.3 is 0 Å². The van der Waals surface area contributed by atoms with Gasteiger partial charge in [0, 0.05) is 18.5 Å². The number of aryl methyl sites for hydroxylation is 1. The van der Waals surface area contributed by atoms with Crippen LogP contribution in [0.25, 0.3) is 0 Å². The summed E-state index contributed by atoms with van der Waals surface area (Å²) in [5.74, 6) is 1.67. The molecule has 1 fully saturated rings. The maximum absolute atomic E-state index is 12.1. The summed E-state index contributed by atoms with van der Waals surface area (Å²) < 4.78 is 5.78. The number of carbonyl (C=O) groups is 1. The summed E-state index contributed by atoms with van der Waals surface area (Å²) in [5, 5.41) is 3.03. The Kier molecular flexibility index (Phi) is 9.85. The second-order valence-electron chi connectivity index (χ2n) is 6.10. The summed E-state index contributed by atoms with van der Waals surface area (Å²) in [7, 11) is 0. The number of nitrogens with zero attached hydrogens (tertiary/aromatic N) is 1. The van der Waals surface area contributed by atoms with Gasteiger partial charge in [-0.05, 0) is 51.9 Å². The first-order chi connectivity index (χ1) is 9.99. The van der Waals surface area contributed by atoms with Crippen LogP contribution in [0.4, 0.5) is 0 Å². The number of furan rings is 1. The predicted octanol–water partition coefficient (Wildman–Crippen LogP) is 2.67. The Balaban J connectivity index is 0.00000242. The third kappa shape index (κ3) is 5.99. The highest BCUT2D eigenvalue weighted by atomic mass is 35.5. The Morgan fingerprint density at radius 2 is 1.91 bits per heavy atom. The van der Waals surface area contributed by atoms with Crippen molar-refractivity contribution in [3.8, 4) is 0 Å². The molecule has 1 aliphatic heterocycles. The number of likely N-dealkylation sites (tertiary alicyclic amines) is 1. The fourth-order valence-electron chi connectivity index (χ4n) is 2.69. The lowest BCUT2D eigenvalue weighted by molar-refractivity contribution is -0.125. The second kappa shape index (κ2) is 10.2. The van der Waals surface area contributed by atoms with E-state index in [1.165, 1.54) is 12.8 Å². The third-order valence-corrected chi connectivity index (χ3v) is 4.34. The SMILES string of the molecule is Cc1ccc(C(CNC(=O)C(C)C(C)N)N2CCCC2)o1.Cl.Cl. The van der Waals surface area contributed by atoms with E-state index in [1.54, 1.807) is 0 Å². The molecule has 1 amide bonds. The Hall–Kier alpha value is -0.750. The standard InChI is InChI=1S/C16H27N3O2.2ClH/c1-11-6-7-15(21-11)14(19-8-4-5-9-19)10-18-16(20)12(2)13(3)17;;/h6-7,12-14H,4-5,8-10,17H2,1-3H3,(H,18,20);2*1H. The lowest BCUT2D eigenvalue weighted by atomic mass is 10.0. The molecule has 7 heteroatoms. The van der Waals surface area contributed by atoms with E-state index in [-0.39, 0.29) is 48.7 Å². The summed E-state index contributed by atoms with van der Waals surface area (Å²) in [6, 6.07) is 3.97. The highest BCUT2D eigenvalue weighted by Crippen LogP contribution is 2.26. The molecule has 0 bridgehead atoms. The molecule has 23 heavy (non-hydrogen) atoms. The van der Waals surface area contributed by atoms with Crippen LogP contribution < -0.4 is 11.1 Å². The Bertz CT molecular complexity index is 474. The monoisotopic (exact) mass is 365 g/mol. The summed E-state index contributed by atoms with van der Waals surface area (Å²) in [6.07, 6.45) is 2.42. The van der Waals surface area contributed by atoms with Crippen LogP contribution >= 0.6 is 24.8 Å². The quantitative estimate of drug-likeness (QED) is 0.812. The topological polar surface area (TPSA) is 71.5 Å². The lowest BCUT2D eigenvalue weighted by Crippen LogP contribution is -2.42. The van der Waals surface area contributed by atoms with Crippen molar-refractivity contribution in [3.63, 3.8) is 0 Å². The molecule has 1 aromatic heterocycles. The fraction of sp³-hybridized carbons (Fsp3) is 0.688. The molecule has 1 aliphatic rings. The van der Waals surface area contributed by atoms with Crippen LogP contribution in [0.3, 0.4) is 0 Å². The minimum atomic E-state index is -0.178. The molecule has 1 aromatic rings. The Morgan fingerprint density at radius 1 is 1.30 bits per heavy atom. The van der Waals surface area contributed by atoms with Crippen molar-refractivity contribution < 1.29 is 9.21 Å². The van der Waals surface area contributed by atoms with E-state index < -0.39 is 0 Å². The molecule has 0 aliphatic carbocycles. The van der Waals surface area contributed by atoms with Gasteiger partial charge in [0.2, 0.25) is 5.91 Å². The van der Waals surface area contributed by atoms with Gasteiger partial charge in [-0.25, -0.2) is 0 Å². The molecule has 0 spiro atoms. The van der Waals surface area contributed by atoms with Crippen molar-refractivity contribution in [3.05, 3.63) is 23.7 Å². The van der Waals surface area contributed by atoms with Crippen molar-refractivity contribution in [1.82, 2.24) is 10.2 Å². The number of halogens is 2. The molecule has 1 saturated heterocycles. The van der Waals surface area contributed by atoms with Crippen LogP contribution in [-0.4, -0.2) is 36.5 Å². The maximum atomic E-state index is 12.1. The van der Waals surface area contributed by atoms with E-state index in [1.807, 2.05) is 32.9 Å². The molecule has 2 heterocycles. The van der Waals surface area contributed by atoms with Crippen LogP contribution in [0.1, 0.15) is 44.3 Å². The molecule has 0 saturated carbocycles. The number of amides is 1. The molecular formula is C16H29Cl2N3O2. The number of rotatable bonds is 6. The largest absolute Gasteiger partial charge is 0.465 e. The minimum Gasteiger partial charge on any atom is -0.465 e. The molecule has 0 aromatic carbocycles. The fourth-order valence-corrected chi connectivity index (χ4v) is 2.69. The van der Waals surface area contributed by atoms with Gasteiger partial charge in [0.15, 0.2) is 0 Å². The van der Waals surface area contributed by atoms with Gasteiger partial charge in [-0.2, -0.15) is 0 Å². The molecular weight excluding hydrogens is 337 g/mol. The van der Waals surface area contributed by atoms with Gasteiger partial charge in [0.1, 0.15) is 11.5 Å². The van der Waals surface area contributed by atoms with Gasteiger partial charge in [-0.3, -0.25) is 9.69 Å². The molecule has 3 N–H and O–H groups in total. The molecule has 5 nitrogen and oxygen atoms in total. The summed E-state index contributed by atoms with van der Waals surface area (Å²) >= 11 is 0. The van der Waals surface area contributed by atoms with E-state index in [0.29, 0.717) is 6.54 Å². The van der Waals surface area contributed by atoms with E-state index in [0.717, 1.165) is 24.6 Å². The van der Waals surface area contributed by atoms with Crippen molar-refractivity contribution >= 4 is 30.7 Å². The van der Waals surface area contributed by atoms with Crippen LogP contribution in [-0.2, 0) is 4.79 Å². The first-order valence-electron chi connectivity index (χ1n) is 7.82.